The standard InChI is InChI=1S/C20H13N2/c1-3-9-15(10-4-1)19-17-13-7-8-14-18(17)21-20(22-19)16-11-5-2-6-12-16/h1-6,8-14H. The van der Waals surface area contributed by atoms with Gasteiger partial charge in [-0.3, -0.25) is 0 Å². The molecule has 0 fully saturated rings. The highest BCUT2D eigenvalue weighted by Gasteiger charge is 2.10. The Morgan fingerprint density at radius 2 is 1.36 bits per heavy atom. The van der Waals surface area contributed by atoms with E-state index in [2.05, 4.69) is 18.2 Å². The molecule has 22 heavy (non-hydrogen) atoms. The monoisotopic (exact) mass is 281 g/mol. The summed E-state index contributed by atoms with van der Waals surface area (Å²) in [5.74, 6) is 0.748. The molecule has 1 heterocycles. The van der Waals surface area contributed by atoms with Crippen molar-refractivity contribution < 1.29 is 0 Å². The van der Waals surface area contributed by atoms with Gasteiger partial charge < -0.3 is 0 Å². The molecule has 0 saturated heterocycles. The molecule has 2 nitrogen and oxygen atoms in total. The second-order valence-corrected chi connectivity index (χ2v) is 5.07. The maximum Gasteiger partial charge on any atom is 0.160 e. The van der Waals surface area contributed by atoms with Crippen molar-refractivity contribution in [1.82, 2.24) is 9.97 Å². The van der Waals surface area contributed by atoms with Crippen LogP contribution in [-0.4, -0.2) is 9.97 Å². The highest BCUT2D eigenvalue weighted by atomic mass is 14.9. The van der Waals surface area contributed by atoms with Crippen LogP contribution in [0.3, 0.4) is 0 Å². The minimum absolute atomic E-state index is 0.748. The Kier molecular flexibility index (Phi) is 3.13. The molecule has 0 N–H and O–H groups in total. The van der Waals surface area contributed by atoms with E-state index in [1.54, 1.807) is 0 Å². The quantitative estimate of drug-likeness (QED) is 0.529. The molecule has 2 heteroatoms. The summed E-state index contributed by atoms with van der Waals surface area (Å²) in [5, 5.41) is 1.02. The summed E-state index contributed by atoms with van der Waals surface area (Å²) >= 11 is 0. The van der Waals surface area contributed by atoms with E-state index < -0.39 is 0 Å². The van der Waals surface area contributed by atoms with Gasteiger partial charge in [-0.05, 0) is 18.2 Å². The third-order valence-electron chi connectivity index (χ3n) is 3.62. The van der Waals surface area contributed by atoms with Crippen LogP contribution in [0.4, 0.5) is 0 Å². The van der Waals surface area contributed by atoms with Crippen LogP contribution in [0.2, 0.25) is 0 Å². The first-order valence-electron chi connectivity index (χ1n) is 7.20. The van der Waals surface area contributed by atoms with Crippen LogP contribution in [0, 0.1) is 6.07 Å². The first-order valence-corrected chi connectivity index (χ1v) is 7.20. The van der Waals surface area contributed by atoms with E-state index in [0.717, 1.165) is 33.5 Å². The molecule has 1 aromatic heterocycles. The molecule has 0 amide bonds. The average Bonchev–Trinajstić information content (AvgIpc) is 2.62. The van der Waals surface area contributed by atoms with Crippen molar-refractivity contribution in [2.24, 2.45) is 0 Å². The molecular formula is C20H13N2. The molecule has 0 bridgehead atoms. The molecule has 0 spiro atoms. The van der Waals surface area contributed by atoms with E-state index in [-0.39, 0.29) is 0 Å². The Morgan fingerprint density at radius 3 is 2.09 bits per heavy atom. The Balaban J connectivity index is 2.02. The number of nitrogens with zero attached hydrogens (tertiary/aromatic N) is 2. The van der Waals surface area contributed by atoms with Gasteiger partial charge in [0.1, 0.15) is 0 Å². The fourth-order valence-electron chi connectivity index (χ4n) is 2.55. The SMILES string of the molecule is [c]1ccc2nc(-c3ccccc3)nc(-c3ccccc3)c2c1. The maximum atomic E-state index is 4.81. The first-order chi connectivity index (χ1) is 10.9. The fraction of sp³-hybridized carbons (Fsp3) is 0. The van der Waals surface area contributed by atoms with Crippen molar-refractivity contribution in [2.75, 3.05) is 0 Å². The van der Waals surface area contributed by atoms with Gasteiger partial charge >= 0.3 is 0 Å². The fourth-order valence-corrected chi connectivity index (χ4v) is 2.55. The van der Waals surface area contributed by atoms with Gasteiger partial charge in [-0.1, -0.05) is 66.7 Å². The average molecular weight is 281 g/mol. The third-order valence-corrected chi connectivity index (χ3v) is 3.62. The summed E-state index contributed by atoms with van der Waals surface area (Å²) in [6.07, 6.45) is 0. The lowest BCUT2D eigenvalue weighted by molar-refractivity contribution is 1.23. The van der Waals surface area contributed by atoms with Gasteiger partial charge in [0.15, 0.2) is 5.82 Å². The smallest absolute Gasteiger partial charge is 0.160 e. The third kappa shape index (κ3) is 2.25. The van der Waals surface area contributed by atoms with Gasteiger partial charge in [0.2, 0.25) is 0 Å². The summed E-state index contributed by atoms with van der Waals surface area (Å²) < 4.78 is 0. The highest BCUT2D eigenvalue weighted by Crippen LogP contribution is 2.28. The molecule has 0 aliphatic rings. The Labute approximate surface area is 129 Å². The molecule has 0 atom stereocenters. The summed E-state index contributed by atoms with van der Waals surface area (Å²) in [4.78, 5) is 9.51. The molecular weight excluding hydrogens is 268 g/mol. The van der Waals surface area contributed by atoms with Gasteiger partial charge in [0, 0.05) is 16.5 Å². The zero-order chi connectivity index (χ0) is 14.8. The minimum atomic E-state index is 0.748. The van der Waals surface area contributed by atoms with Gasteiger partial charge in [-0.15, -0.1) is 0 Å². The highest BCUT2D eigenvalue weighted by molar-refractivity contribution is 5.93. The van der Waals surface area contributed by atoms with E-state index >= 15 is 0 Å². The molecule has 0 saturated carbocycles. The van der Waals surface area contributed by atoms with Gasteiger partial charge in [-0.25, -0.2) is 9.97 Å². The molecule has 4 aromatic rings. The molecule has 0 aliphatic heterocycles. The van der Waals surface area contributed by atoms with E-state index in [1.807, 2.05) is 66.7 Å². The van der Waals surface area contributed by atoms with E-state index in [1.165, 1.54) is 0 Å². The largest absolute Gasteiger partial charge is 0.228 e. The van der Waals surface area contributed by atoms with Gasteiger partial charge in [0.25, 0.3) is 0 Å². The predicted molar refractivity (Wildman–Crippen MR) is 89.2 cm³/mol. The van der Waals surface area contributed by atoms with Gasteiger partial charge in [-0.2, -0.15) is 0 Å². The molecule has 0 aliphatic carbocycles. The zero-order valence-electron chi connectivity index (χ0n) is 11.9. The number of fused-ring (bicyclic) bond motifs is 1. The van der Waals surface area contributed by atoms with E-state index in [4.69, 9.17) is 9.97 Å². The van der Waals surface area contributed by atoms with Crippen molar-refractivity contribution >= 4 is 10.9 Å². The topological polar surface area (TPSA) is 25.8 Å². The van der Waals surface area contributed by atoms with Crippen molar-refractivity contribution in [3.05, 3.63) is 84.9 Å². The van der Waals surface area contributed by atoms with E-state index in [0.29, 0.717) is 0 Å². The lowest BCUT2D eigenvalue weighted by Crippen LogP contribution is -1.94. The van der Waals surface area contributed by atoms with Crippen molar-refractivity contribution in [3.63, 3.8) is 0 Å². The summed E-state index contributed by atoms with van der Waals surface area (Å²) in [6, 6.07) is 29.2. The van der Waals surface area contributed by atoms with Crippen LogP contribution in [-0.2, 0) is 0 Å². The summed E-state index contributed by atoms with van der Waals surface area (Å²) in [6.45, 7) is 0. The number of aromatic nitrogens is 2. The molecule has 1 radical (unpaired) electrons. The number of hydrogen-bond acceptors (Lipinski definition) is 2. The number of hydrogen-bond donors (Lipinski definition) is 0. The Hall–Kier alpha value is -3.00. The van der Waals surface area contributed by atoms with Crippen molar-refractivity contribution in [2.45, 2.75) is 0 Å². The van der Waals surface area contributed by atoms with Crippen LogP contribution < -0.4 is 0 Å². The number of rotatable bonds is 2. The Morgan fingerprint density at radius 1 is 0.682 bits per heavy atom. The second-order valence-electron chi connectivity index (χ2n) is 5.07. The van der Waals surface area contributed by atoms with Crippen LogP contribution >= 0.6 is 0 Å². The molecule has 0 unspecified atom stereocenters. The second kappa shape index (κ2) is 5.41. The molecule has 103 valence electrons. The van der Waals surface area contributed by atoms with Crippen LogP contribution in [0.1, 0.15) is 0 Å². The molecule has 3 aromatic carbocycles. The Bertz CT molecular complexity index is 916. The summed E-state index contributed by atoms with van der Waals surface area (Å²) in [5.41, 5.74) is 3.99. The minimum Gasteiger partial charge on any atom is -0.228 e. The van der Waals surface area contributed by atoms with Crippen LogP contribution in [0.5, 0.6) is 0 Å². The summed E-state index contributed by atoms with van der Waals surface area (Å²) in [7, 11) is 0. The van der Waals surface area contributed by atoms with Crippen molar-refractivity contribution in [1.29, 1.82) is 0 Å². The lowest BCUT2D eigenvalue weighted by Gasteiger charge is -2.09. The van der Waals surface area contributed by atoms with Crippen molar-refractivity contribution in [3.8, 4) is 22.6 Å². The van der Waals surface area contributed by atoms with E-state index in [9.17, 15) is 0 Å². The normalized spacial score (nSPS) is 10.7. The number of benzene rings is 3. The predicted octanol–water partition coefficient (Wildman–Crippen LogP) is 4.76. The first kappa shape index (κ1) is 12.7. The maximum absolute atomic E-state index is 4.81. The zero-order valence-corrected chi connectivity index (χ0v) is 11.9. The molecule has 4 rings (SSSR count). The lowest BCUT2D eigenvalue weighted by atomic mass is 10.1. The van der Waals surface area contributed by atoms with Crippen LogP contribution in [0.25, 0.3) is 33.5 Å². The van der Waals surface area contributed by atoms with Gasteiger partial charge in [0.05, 0.1) is 11.2 Å². The van der Waals surface area contributed by atoms with Crippen LogP contribution in [0.15, 0.2) is 78.9 Å².